The van der Waals surface area contributed by atoms with Crippen LogP contribution in [0.3, 0.4) is 0 Å². The Morgan fingerprint density at radius 2 is 1.23 bits per heavy atom. The van der Waals surface area contributed by atoms with Gasteiger partial charge in [0.25, 0.3) is 0 Å². The Kier molecular flexibility index (Phi) is 19.4. The van der Waals surface area contributed by atoms with E-state index in [2.05, 4.69) is 0 Å². The molecule has 0 bridgehead atoms. The molecule has 0 amide bonds. The predicted octanol–water partition coefficient (Wildman–Crippen LogP) is 3.50. The maximum Gasteiger partial charge on any atom is 0.111 e. The van der Waals surface area contributed by atoms with E-state index in [1.165, 1.54) is 0 Å². The molecule has 13 heavy (non-hydrogen) atoms. The Balaban J connectivity index is -0.000000218. The third kappa shape index (κ3) is 11.3. The molecule has 0 aliphatic heterocycles. The molecular formula is C11H27NO. The lowest BCUT2D eigenvalue weighted by molar-refractivity contribution is 0.274. The Morgan fingerprint density at radius 3 is 1.31 bits per heavy atom. The van der Waals surface area contributed by atoms with Crippen molar-refractivity contribution in [2.24, 2.45) is 0 Å². The third-order valence-electron chi connectivity index (χ3n) is 1.49. The summed E-state index contributed by atoms with van der Waals surface area (Å²) in [5.74, 6) is 0.972. The van der Waals surface area contributed by atoms with Crippen LogP contribution in [0.25, 0.3) is 0 Å². The van der Waals surface area contributed by atoms with Crippen LogP contribution < -0.4 is 0 Å². The van der Waals surface area contributed by atoms with Crippen molar-refractivity contribution in [2.45, 2.75) is 41.5 Å². The van der Waals surface area contributed by atoms with E-state index in [-0.39, 0.29) is 0 Å². The molecule has 0 N–H and O–H groups in total. The first-order valence-electron chi connectivity index (χ1n) is 4.98. The topological polar surface area (TPSA) is 12.5 Å². The Morgan fingerprint density at radius 1 is 0.923 bits per heavy atom. The lowest BCUT2D eigenvalue weighted by Gasteiger charge is -2.14. The molecule has 0 aromatic heterocycles. The van der Waals surface area contributed by atoms with Crippen LogP contribution in [-0.4, -0.2) is 26.1 Å². The van der Waals surface area contributed by atoms with Gasteiger partial charge < -0.3 is 9.64 Å². The molecule has 0 saturated heterocycles. The van der Waals surface area contributed by atoms with Gasteiger partial charge in [-0.1, -0.05) is 27.7 Å². The summed E-state index contributed by atoms with van der Waals surface area (Å²) in [7, 11) is 5.68. The van der Waals surface area contributed by atoms with Gasteiger partial charge in [0, 0.05) is 19.8 Å². The molecule has 0 atom stereocenters. The Labute approximate surface area is 84.6 Å². The van der Waals surface area contributed by atoms with Gasteiger partial charge in [-0.2, -0.15) is 0 Å². The molecule has 82 valence electrons. The van der Waals surface area contributed by atoms with Gasteiger partial charge in [0.15, 0.2) is 0 Å². The first-order valence-corrected chi connectivity index (χ1v) is 4.98. The number of ether oxygens (including phenoxy) is 1. The van der Waals surface area contributed by atoms with Crippen LogP contribution in [0.1, 0.15) is 41.5 Å². The van der Waals surface area contributed by atoms with Crippen molar-refractivity contribution in [3.63, 3.8) is 0 Å². The second-order valence-electron chi connectivity index (χ2n) is 2.24. The van der Waals surface area contributed by atoms with E-state index in [0.717, 1.165) is 11.5 Å². The van der Waals surface area contributed by atoms with Crippen molar-refractivity contribution >= 4 is 0 Å². The molecule has 0 aromatic rings. The molecule has 0 rings (SSSR count). The van der Waals surface area contributed by atoms with Gasteiger partial charge in [-0.3, -0.25) is 0 Å². The lowest BCUT2D eigenvalue weighted by atomic mass is 10.4. The maximum absolute atomic E-state index is 5.01. The predicted molar refractivity (Wildman–Crippen MR) is 61.8 cm³/mol. The highest BCUT2D eigenvalue weighted by molar-refractivity contribution is 4.99. The fourth-order valence-electron chi connectivity index (χ4n) is 0.463. The van der Waals surface area contributed by atoms with Crippen LogP contribution in [0.15, 0.2) is 11.5 Å². The number of methoxy groups -OCH3 is 1. The molecule has 0 fully saturated rings. The normalized spacial score (nSPS) is 9.62. The summed E-state index contributed by atoms with van der Waals surface area (Å²) >= 11 is 0. The summed E-state index contributed by atoms with van der Waals surface area (Å²) < 4.78 is 5.01. The summed E-state index contributed by atoms with van der Waals surface area (Å²) in [5, 5.41) is 0. The van der Waals surface area contributed by atoms with Crippen LogP contribution in [0.4, 0.5) is 0 Å². The fourth-order valence-corrected chi connectivity index (χ4v) is 0.463. The van der Waals surface area contributed by atoms with Crippen molar-refractivity contribution in [1.82, 2.24) is 4.90 Å². The molecule has 0 aromatic carbocycles. The van der Waals surface area contributed by atoms with E-state index in [9.17, 15) is 0 Å². The van der Waals surface area contributed by atoms with Gasteiger partial charge >= 0.3 is 0 Å². The zero-order chi connectivity index (χ0) is 11.4. The minimum absolute atomic E-state index is 0.972. The molecule has 0 radical (unpaired) electrons. The standard InChI is InChI=1S/C7H15NO.2C2H6/c1-6(8(3)4)7(2)9-5;2*1-2/h1-5H3;2*1-2H3/b7-6-;;. The van der Waals surface area contributed by atoms with Crippen molar-refractivity contribution in [1.29, 1.82) is 0 Å². The zero-order valence-electron chi connectivity index (χ0n) is 10.9. The highest BCUT2D eigenvalue weighted by Gasteiger charge is 1.95. The van der Waals surface area contributed by atoms with E-state index in [0.29, 0.717) is 0 Å². The quantitative estimate of drug-likeness (QED) is 0.616. The minimum atomic E-state index is 0.972. The molecule has 0 saturated carbocycles. The monoisotopic (exact) mass is 189 g/mol. The second-order valence-corrected chi connectivity index (χ2v) is 2.24. The highest BCUT2D eigenvalue weighted by Crippen LogP contribution is 2.04. The van der Waals surface area contributed by atoms with Gasteiger partial charge in [-0.25, -0.2) is 0 Å². The smallest absolute Gasteiger partial charge is 0.111 e. The first-order chi connectivity index (χ1) is 6.09. The SMILES string of the molecule is CC.CC.CO/C(C)=C(/C)N(C)C. The van der Waals surface area contributed by atoms with Gasteiger partial charge in [-0.05, 0) is 13.8 Å². The molecule has 0 aliphatic rings. The minimum Gasteiger partial charge on any atom is -0.500 e. The average Bonchev–Trinajstić information content (AvgIpc) is 2.21. The first kappa shape index (κ1) is 18.2. The number of allylic oxidation sites excluding steroid dienone is 2. The fraction of sp³-hybridized carbons (Fsp3) is 0.818. The highest BCUT2D eigenvalue weighted by atomic mass is 16.5. The lowest BCUT2D eigenvalue weighted by Crippen LogP contribution is -2.10. The summed E-state index contributed by atoms with van der Waals surface area (Å²) in [5.41, 5.74) is 1.16. The van der Waals surface area contributed by atoms with Crippen LogP contribution in [-0.2, 0) is 4.74 Å². The largest absolute Gasteiger partial charge is 0.500 e. The number of hydrogen-bond acceptors (Lipinski definition) is 2. The van der Waals surface area contributed by atoms with Crippen molar-refractivity contribution < 1.29 is 4.74 Å². The molecule has 2 nitrogen and oxygen atoms in total. The number of hydrogen-bond donors (Lipinski definition) is 0. The molecule has 2 heteroatoms. The summed E-state index contributed by atoms with van der Waals surface area (Å²) in [4.78, 5) is 2.03. The van der Waals surface area contributed by atoms with E-state index in [4.69, 9.17) is 4.74 Å². The summed E-state index contributed by atoms with van der Waals surface area (Å²) in [6.07, 6.45) is 0. The Hall–Kier alpha value is -0.660. The van der Waals surface area contributed by atoms with Crippen molar-refractivity contribution in [2.75, 3.05) is 21.2 Å². The summed E-state index contributed by atoms with van der Waals surface area (Å²) in [6, 6.07) is 0. The second kappa shape index (κ2) is 13.9. The van der Waals surface area contributed by atoms with Gasteiger partial charge in [0.1, 0.15) is 5.76 Å². The van der Waals surface area contributed by atoms with E-state index in [1.807, 2.05) is 60.5 Å². The van der Waals surface area contributed by atoms with Crippen LogP contribution in [0.2, 0.25) is 0 Å². The third-order valence-corrected chi connectivity index (χ3v) is 1.49. The van der Waals surface area contributed by atoms with Crippen LogP contribution in [0.5, 0.6) is 0 Å². The molecule has 0 heterocycles. The molecule has 0 spiro atoms. The number of rotatable bonds is 2. The zero-order valence-corrected chi connectivity index (χ0v) is 10.9. The molecule has 0 unspecified atom stereocenters. The summed E-state index contributed by atoms with van der Waals surface area (Å²) in [6.45, 7) is 12.0. The van der Waals surface area contributed by atoms with E-state index in [1.54, 1.807) is 7.11 Å². The van der Waals surface area contributed by atoms with Crippen molar-refractivity contribution in [3.8, 4) is 0 Å². The van der Waals surface area contributed by atoms with Crippen LogP contribution in [0, 0.1) is 0 Å². The Bertz CT molecular complexity index is 117. The molecular weight excluding hydrogens is 162 g/mol. The average molecular weight is 189 g/mol. The van der Waals surface area contributed by atoms with E-state index >= 15 is 0 Å². The van der Waals surface area contributed by atoms with Gasteiger partial charge in [0.05, 0.1) is 7.11 Å². The van der Waals surface area contributed by atoms with Gasteiger partial charge in [-0.15, -0.1) is 0 Å². The van der Waals surface area contributed by atoms with Crippen molar-refractivity contribution in [3.05, 3.63) is 11.5 Å². The van der Waals surface area contributed by atoms with Gasteiger partial charge in [0.2, 0.25) is 0 Å². The molecule has 0 aliphatic carbocycles. The maximum atomic E-state index is 5.01. The van der Waals surface area contributed by atoms with E-state index < -0.39 is 0 Å². The van der Waals surface area contributed by atoms with Crippen LogP contribution >= 0.6 is 0 Å². The number of nitrogens with zero attached hydrogens (tertiary/aromatic N) is 1.